The summed E-state index contributed by atoms with van der Waals surface area (Å²) < 4.78 is 2.67. The summed E-state index contributed by atoms with van der Waals surface area (Å²) in [6, 6.07) is 3.24. The highest BCUT2D eigenvalue weighted by Crippen LogP contribution is 2.23. The average molecular weight is 199 g/mol. The molecule has 1 nitrogen and oxygen atoms in total. The maximum Gasteiger partial charge on any atom is 0.152 e. The number of hydrogen-bond acceptors (Lipinski definition) is 1. The van der Waals surface area contributed by atoms with Crippen molar-refractivity contribution < 1.29 is 0 Å². The Morgan fingerprint density at radius 3 is 1.77 bits per heavy atom. The summed E-state index contributed by atoms with van der Waals surface area (Å²) in [5, 5.41) is 0. The first-order valence-electron chi connectivity index (χ1n) is 5.48. The molecule has 0 N–H and O–H groups in total. The van der Waals surface area contributed by atoms with Crippen LogP contribution in [0.3, 0.4) is 0 Å². The van der Waals surface area contributed by atoms with Gasteiger partial charge in [0.2, 0.25) is 0 Å². The van der Waals surface area contributed by atoms with Crippen LogP contribution in [0.15, 0.2) is 12.3 Å². The Labute approximate surface area is 84.9 Å². The minimum absolute atomic E-state index is 0.662. The quantitative estimate of drug-likeness (QED) is 0.592. The van der Waals surface area contributed by atoms with Crippen LogP contribution >= 0.6 is 0 Å². The summed E-state index contributed by atoms with van der Waals surface area (Å²) in [4.78, 5) is 0. The molecule has 0 aromatic heterocycles. The van der Waals surface area contributed by atoms with E-state index in [1.165, 1.54) is 12.1 Å². The van der Waals surface area contributed by atoms with Crippen LogP contribution in [-0.2, 0) is 0 Å². The first-order chi connectivity index (χ1) is 6.07. The van der Waals surface area contributed by atoms with Crippen molar-refractivity contribution in [3.8, 4) is 0 Å². The van der Waals surface area contributed by atoms with Crippen LogP contribution in [0, 0.1) is 0 Å². The molecule has 0 rings (SSSR count). The molecule has 0 fully saturated rings. The monoisotopic (exact) mass is 199 g/mol. The van der Waals surface area contributed by atoms with Crippen molar-refractivity contribution in [3.63, 3.8) is 0 Å². The second-order valence-corrected chi connectivity index (χ2v) is 8.50. The molecule has 0 radical (unpaired) electrons. The lowest BCUT2D eigenvalue weighted by Gasteiger charge is -2.41. The summed E-state index contributed by atoms with van der Waals surface area (Å²) in [5.74, 6) is 0. The van der Waals surface area contributed by atoms with Crippen LogP contribution in [0.2, 0.25) is 12.1 Å². The second-order valence-electron chi connectivity index (χ2n) is 3.89. The van der Waals surface area contributed by atoms with Gasteiger partial charge in [0.05, 0.1) is 0 Å². The topological polar surface area (TPSA) is 3.24 Å². The first kappa shape index (κ1) is 12.9. The largest absolute Gasteiger partial charge is 0.318 e. The predicted octanol–water partition coefficient (Wildman–Crippen LogP) is 3.43. The minimum atomic E-state index is -1.31. The van der Waals surface area contributed by atoms with Gasteiger partial charge in [-0.3, -0.25) is 0 Å². The fraction of sp³-hybridized carbons (Fsp3) is 0.818. The summed E-state index contributed by atoms with van der Waals surface area (Å²) >= 11 is 0. The van der Waals surface area contributed by atoms with Gasteiger partial charge >= 0.3 is 0 Å². The van der Waals surface area contributed by atoms with Gasteiger partial charge in [-0.15, -0.1) is 6.58 Å². The van der Waals surface area contributed by atoms with Crippen molar-refractivity contribution in [3.05, 3.63) is 12.3 Å². The fourth-order valence-electron chi connectivity index (χ4n) is 2.26. The van der Waals surface area contributed by atoms with E-state index < -0.39 is 8.24 Å². The highest BCUT2D eigenvalue weighted by Gasteiger charge is 2.33. The Balaban J connectivity index is 4.76. The zero-order valence-corrected chi connectivity index (χ0v) is 10.9. The standard InChI is InChI=1S/C11H25NSi/c1-7-12(11(5)6)13(8-2,9-3)10-4/h8,11H,2,7,9-10H2,1,3-6H3. The van der Waals surface area contributed by atoms with E-state index in [2.05, 4.69) is 51.5 Å². The summed E-state index contributed by atoms with van der Waals surface area (Å²) in [6.07, 6.45) is 0. The van der Waals surface area contributed by atoms with Crippen molar-refractivity contribution in [1.29, 1.82) is 0 Å². The van der Waals surface area contributed by atoms with E-state index in [1.807, 2.05) is 0 Å². The molecule has 0 unspecified atom stereocenters. The van der Waals surface area contributed by atoms with Gasteiger partial charge in [-0.25, -0.2) is 0 Å². The predicted molar refractivity (Wildman–Crippen MR) is 64.4 cm³/mol. The fourth-order valence-corrected chi connectivity index (χ4v) is 6.04. The number of nitrogens with zero attached hydrogens (tertiary/aromatic N) is 1. The van der Waals surface area contributed by atoms with E-state index in [-0.39, 0.29) is 0 Å². The molecule has 0 heterocycles. The van der Waals surface area contributed by atoms with Crippen molar-refractivity contribution in [2.75, 3.05) is 6.54 Å². The third-order valence-electron chi connectivity index (χ3n) is 3.14. The molecule has 13 heavy (non-hydrogen) atoms. The maximum atomic E-state index is 4.05. The van der Waals surface area contributed by atoms with Crippen LogP contribution in [0.4, 0.5) is 0 Å². The third-order valence-corrected chi connectivity index (χ3v) is 8.33. The Bertz CT molecular complexity index is 150. The highest BCUT2D eigenvalue weighted by molar-refractivity contribution is 6.81. The van der Waals surface area contributed by atoms with Gasteiger partial charge in [0, 0.05) is 0 Å². The lowest BCUT2D eigenvalue weighted by molar-refractivity contribution is 0.368. The Morgan fingerprint density at radius 1 is 1.23 bits per heavy atom. The van der Waals surface area contributed by atoms with E-state index >= 15 is 0 Å². The van der Waals surface area contributed by atoms with Crippen molar-refractivity contribution in [1.82, 2.24) is 4.57 Å². The molecule has 0 aliphatic carbocycles. The van der Waals surface area contributed by atoms with Gasteiger partial charge < -0.3 is 4.57 Å². The summed E-state index contributed by atoms with van der Waals surface area (Å²) in [7, 11) is -1.31. The van der Waals surface area contributed by atoms with Crippen LogP contribution in [0.25, 0.3) is 0 Å². The maximum absolute atomic E-state index is 4.05. The van der Waals surface area contributed by atoms with Gasteiger partial charge in [0.1, 0.15) is 0 Å². The molecule has 0 aromatic rings. The molecule has 0 aliphatic heterocycles. The second kappa shape index (κ2) is 5.61. The molecule has 0 spiro atoms. The Morgan fingerprint density at radius 2 is 1.69 bits per heavy atom. The molecule has 0 aromatic carbocycles. The molecular weight excluding hydrogens is 174 g/mol. The minimum Gasteiger partial charge on any atom is -0.318 e. The SMILES string of the molecule is C=C[Si](CC)(CC)N(CC)C(C)C. The Kier molecular flexibility index (Phi) is 5.57. The van der Waals surface area contributed by atoms with Crippen LogP contribution in [-0.4, -0.2) is 25.4 Å². The average Bonchev–Trinajstić information content (AvgIpc) is 2.13. The van der Waals surface area contributed by atoms with E-state index in [9.17, 15) is 0 Å². The first-order valence-corrected chi connectivity index (χ1v) is 7.92. The van der Waals surface area contributed by atoms with Crippen molar-refractivity contribution in [2.24, 2.45) is 0 Å². The molecular formula is C11H25NSi. The van der Waals surface area contributed by atoms with E-state index in [4.69, 9.17) is 0 Å². The number of rotatable bonds is 6. The van der Waals surface area contributed by atoms with E-state index in [0.29, 0.717) is 6.04 Å². The molecule has 0 aliphatic rings. The van der Waals surface area contributed by atoms with Gasteiger partial charge in [0.15, 0.2) is 8.24 Å². The molecule has 78 valence electrons. The zero-order valence-electron chi connectivity index (χ0n) is 9.93. The lowest BCUT2D eigenvalue weighted by Crippen LogP contribution is -2.54. The summed E-state index contributed by atoms with van der Waals surface area (Å²) in [6.45, 7) is 16.7. The zero-order chi connectivity index (χ0) is 10.5. The smallest absolute Gasteiger partial charge is 0.152 e. The number of hydrogen-bond donors (Lipinski definition) is 0. The molecule has 0 amide bonds. The van der Waals surface area contributed by atoms with Gasteiger partial charge in [-0.2, -0.15) is 0 Å². The lowest BCUT2D eigenvalue weighted by atomic mass is 10.4. The molecule has 0 saturated carbocycles. The van der Waals surface area contributed by atoms with E-state index in [1.54, 1.807) is 0 Å². The summed E-state index contributed by atoms with van der Waals surface area (Å²) in [5.41, 5.74) is 2.26. The van der Waals surface area contributed by atoms with Crippen LogP contribution < -0.4 is 0 Å². The van der Waals surface area contributed by atoms with Gasteiger partial charge in [-0.1, -0.05) is 40.3 Å². The molecule has 0 atom stereocenters. The van der Waals surface area contributed by atoms with Crippen LogP contribution in [0.5, 0.6) is 0 Å². The van der Waals surface area contributed by atoms with Gasteiger partial charge in [0.25, 0.3) is 0 Å². The van der Waals surface area contributed by atoms with E-state index in [0.717, 1.165) is 6.54 Å². The van der Waals surface area contributed by atoms with Gasteiger partial charge in [-0.05, 0) is 24.7 Å². The van der Waals surface area contributed by atoms with Crippen molar-refractivity contribution in [2.45, 2.75) is 52.7 Å². The third kappa shape index (κ3) is 2.68. The molecule has 0 saturated heterocycles. The molecule has 0 bridgehead atoms. The normalized spacial score (nSPS) is 12.5. The van der Waals surface area contributed by atoms with Crippen molar-refractivity contribution >= 4 is 8.24 Å². The highest BCUT2D eigenvalue weighted by atomic mass is 28.3. The molecule has 2 heteroatoms. The van der Waals surface area contributed by atoms with Crippen LogP contribution in [0.1, 0.15) is 34.6 Å². The Hall–Kier alpha value is -0.0831.